The van der Waals surface area contributed by atoms with Crippen LogP contribution in [0.2, 0.25) is 0 Å². The number of para-hydroxylation sites is 2. The minimum Gasteiger partial charge on any atom is -0.753 e. The van der Waals surface area contributed by atoms with Gasteiger partial charge in [0.1, 0.15) is 11.5 Å². The summed E-state index contributed by atoms with van der Waals surface area (Å²) in [4.78, 5) is 8.31. The summed E-state index contributed by atoms with van der Waals surface area (Å²) < 4.78 is 0. The summed E-state index contributed by atoms with van der Waals surface area (Å²) in [6, 6.07) is 13.8. The molecule has 0 saturated heterocycles. The number of aliphatic hydroxyl groups excluding tert-OH is 1. The van der Waals surface area contributed by atoms with Crippen molar-refractivity contribution in [2.24, 2.45) is 9.98 Å². The normalized spacial score (nSPS) is 11.3. The molecule has 0 aliphatic heterocycles. The molecule has 2 rings (SSSR count). The van der Waals surface area contributed by atoms with Crippen molar-refractivity contribution >= 4 is 29.8 Å². The molecule has 143 valence electrons. The van der Waals surface area contributed by atoms with Gasteiger partial charge in [0.2, 0.25) is 0 Å². The molecule has 0 bridgehead atoms. The van der Waals surface area contributed by atoms with Gasteiger partial charge in [-0.15, -0.1) is 0 Å². The van der Waals surface area contributed by atoms with E-state index >= 15 is 0 Å². The maximum absolute atomic E-state index is 9.85. The predicted molar refractivity (Wildman–Crippen MR) is 108 cm³/mol. The van der Waals surface area contributed by atoms with Crippen molar-refractivity contribution in [3.05, 3.63) is 65.1 Å². The van der Waals surface area contributed by atoms with E-state index in [0.717, 1.165) is 0 Å². The SMILES string of the molecule is Oc1ccccc1C=NCCC(O)CN=Cc1ccccc1O.[Mn].[N-]=C=S. The number of benzene rings is 2. The van der Waals surface area contributed by atoms with Gasteiger partial charge in [0, 0.05) is 47.2 Å². The minimum absolute atomic E-state index is 0. The van der Waals surface area contributed by atoms with E-state index in [9.17, 15) is 15.3 Å². The molecule has 0 aromatic heterocycles. The molecule has 0 heterocycles. The van der Waals surface area contributed by atoms with E-state index in [1.165, 1.54) is 5.16 Å². The molecule has 2 aromatic rings. The Labute approximate surface area is 174 Å². The molecule has 0 fully saturated rings. The standard InChI is InChI=1S/C18H20N2O3.CNS.Mn/c21-16(13-20-12-15-6-2-4-8-18(15)23)9-10-19-11-14-5-1-3-7-17(14)22;2-1-3;/h1-8,11-12,16,21-23H,9-10,13H2;;/q;-1;. The van der Waals surface area contributed by atoms with Crippen LogP contribution in [0, 0.1) is 0 Å². The van der Waals surface area contributed by atoms with Crippen molar-refractivity contribution in [2.75, 3.05) is 13.1 Å². The molecule has 2 aromatic carbocycles. The van der Waals surface area contributed by atoms with Crippen LogP contribution in [0.25, 0.3) is 5.41 Å². The van der Waals surface area contributed by atoms with Crippen LogP contribution < -0.4 is 0 Å². The molecule has 1 radical (unpaired) electrons. The van der Waals surface area contributed by atoms with Crippen molar-refractivity contribution in [3.8, 4) is 11.5 Å². The molecule has 0 spiro atoms. The molecule has 1 atom stereocenters. The summed E-state index contributed by atoms with van der Waals surface area (Å²) in [5.41, 5.74) is 1.27. The monoisotopic (exact) mass is 425 g/mol. The van der Waals surface area contributed by atoms with E-state index in [1.807, 2.05) is 12.1 Å². The van der Waals surface area contributed by atoms with Gasteiger partial charge in [-0.3, -0.25) is 9.98 Å². The molecular weight excluding hydrogens is 405 g/mol. The Kier molecular flexibility index (Phi) is 13.5. The zero-order valence-electron chi connectivity index (χ0n) is 14.4. The van der Waals surface area contributed by atoms with Gasteiger partial charge in [0.25, 0.3) is 0 Å². The van der Waals surface area contributed by atoms with Gasteiger partial charge in [0.05, 0.1) is 12.6 Å². The zero-order valence-corrected chi connectivity index (χ0v) is 16.4. The number of phenols is 2. The third kappa shape index (κ3) is 10.4. The first kappa shape index (κ1) is 24.7. The van der Waals surface area contributed by atoms with E-state index in [2.05, 4.69) is 22.2 Å². The number of rotatable bonds is 7. The van der Waals surface area contributed by atoms with Gasteiger partial charge in [0.15, 0.2) is 0 Å². The third-order valence-electron chi connectivity index (χ3n) is 3.24. The van der Waals surface area contributed by atoms with Crippen LogP contribution in [0.3, 0.4) is 0 Å². The van der Waals surface area contributed by atoms with E-state index in [0.29, 0.717) is 24.1 Å². The second kappa shape index (κ2) is 14.8. The van der Waals surface area contributed by atoms with E-state index in [-0.39, 0.29) is 35.1 Å². The van der Waals surface area contributed by atoms with Crippen molar-refractivity contribution in [1.82, 2.24) is 0 Å². The van der Waals surface area contributed by atoms with Crippen LogP contribution in [0.4, 0.5) is 0 Å². The molecule has 8 heteroatoms. The maximum atomic E-state index is 9.85. The molecule has 6 nitrogen and oxygen atoms in total. The second-order valence-corrected chi connectivity index (χ2v) is 5.36. The van der Waals surface area contributed by atoms with Crippen LogP contribution in [0.5, 0.6) is 11.5 Å². The number of nitrogens with zero attached hydrogens (tertiary/aromatic N) is 3. The van der Waals surface area contributed by atoms with Crippen molar-refractivity contribution < 1.29 is 32.4 Å². The first-order valence-electron chi connectivity index (χ1n) is 7.83. The van der Waals surface area contributed by atoms with Gasteiger partial charge >= 0.3 is 0 Å². The van der Waals surface area contributed by atoms with Crippen molar-refractivity contribution in [2.45, 2.75) is 12.5 Å². The Balaban J connectivity index is 0.00000158. The van der Waals surface area contributed by atoms with Crippen LogP contribution >= 0.6 is 12.2 Å². The number of hydrogen-bond donors (Lipinski definition) is 3. The first-order chi connectivity index (χ1) is 12.6. The zero-order chi connectivity index (χ0) is 19.2. The van der Waals surface area contributed by atoms with Crippen LogP contribution in [-0.4, -0.2) is 52.1 Å². The van der Waals surface area contributed by atoms with E-state index in [4.69, 9.17) is 5.41 Å². The number of thiocarbonyl (C=S) groups is 1. The van der Waals surface area contributed by atoms with Gasteiger partial charge in [-0.2, -0.15) is 5.16 Å². The molecule has 0 saturated carbocycles. The molecule has 0 amide bonds. The first-order valence-corrected chi connectivity index (χ1v) is 8.24. The smallest absolute Gasteiger partial charge is 0.124 e. The Morgan fingerprint density at radius 2 is 1.41 bits per heavy atom. The third-order valence-corrected chi connectivity index (χ3v) is 3.24. The number of isothiocyanates is 1. The number of aliphatic hydroxyl groups is 1. The average Bonchev–Trinajstić information content (AvgIpc) is 2.62. The fourth-order valence-electron chi connectivity index (χ4n) is 1.94. The summed E-state index contributed by atoms with van der Waals surface area (Å²) in [5, 5.41) is 37.5. The molecule has 0 aliphatic carbocycles. The summed E-state index contributed by atoms with van der Waals surface area (Å²) in [7, 11) is 0. The summed E-state index contributed by atoms with van der Waals surface area (Å²) in [6.07, 6.45) is 3.01. The number of phenolic OH excluding ortho intramolecular Hbond substituents is 2. The topological polar surface area (TPSA) is 108 Å². The van der Waals surface area contributed by atoms with Crippen LogP contribution in [0.1, 0.15) is 17.5 Å². The quantitative estimate of drug-likeness (QED) is 0.360. The Morgan fingerprint density at radius 1 is 0.963 bits per heavy atom. The van der Waals surface area contributed by atoms with Crippen LogP contribution in [-0.2, 0) is 17.1 Å². The van der Waals surface area contributed by atoms with E-state index in [1.54, 1.807) is 48.8 Å². The number of aliphatic imine (C=N–C) groups is 2. The molecular formula is C19H20MnN3O3S-. The molecule has 27 heavy (non-hydrogen) atoms. The predicted octanol–water partition coefficient (Wildman–Crippen LogP) is 3.04. The largest absolute Gasteiger partial charge is 0.753 e. The fourth-order valence-corrected chi connectivity index (χ4v) is 1.94. The summed E-state index contributed by atoms with van der Waals surface area (Å²) in [5.74, 6) is 0.349. The average molecular weight is 425 g/mol. The molecule has 0 aliphatic rings. The Bertz CT molecular complexity index is 778. The number of aromatic hydroxyl groups is 2. The van der Waals surface area contributed by atoms with Crippen LogP contribution in [0.15, 0.2) is 58.5 Å². The number of hydrogen-bond acceptors (Lipinski definition) is 6. The van der Waals surface area contributed by atoms with Gasteiger partial charge in [-0.1, -0.05) is 36.5 Å². The Morgan fingerprint density at radius 3 is 1.89 bits per heavy atom. The fraction of sp³-hybridized carbons (Fsp3) is 0.211. The summed E-state index contributed by atoms with van der Waals surface area (Å²) >= 11 is 3.70. The van der Waals surface area contributed by atoms with Gasteiger partial charge in [-0.25, -0.2) is 0 Å². The maximum Gasteiger partial charge on any atom is 0.124 e. The van der Waals surface area contributed by atoms with E-state index < -0.39 is 6.10 Å². The summed E-state index contributed by atoms with van der Waals surface area (Å²) in [6.45, 7) is 0.696. The van der Waals surface area contributed by atoms with Gasteiger partial charge < -0.3 is 20.7 Å². The van der Waals surface area contributed by atoms with Gasteiger partial charge in [-0.05, 0) is 30.7 Å². The molecule has 1 unspecified atom stereocenters. The van der Waals surface area contributed by atoms with Crippen molar-refractivity contribution in [1.29, 1.82) is 0 Å². The molecule has 3 N–H and O–H groups in total. The second-order valence-electron chi connectivity index (χ2n) is 5.18. The Hall–Kier alpha value is -2.34. The van der Waals surface area contributed by atoms with Crippen molar-refractivity contribution in [3.63, 3.8) is 0 Å². The minimum atomic E-state index is -0.598.